The van der Waals surface area contributed by atoms with Crippen molar-refractivity contribution in [1.29, 1.82) is 0 Å². The molecular weight excluding hydrogens is 418 g/mol. The molecule has 0 amide bonds. The molecule has 0 spiro atoms. The third-order valence-electron chi connectivity index (χ3n) is 4.25. The first-order chi connectivity index (χ1) is 14.3. The molecule has 2 aromatic carbocycles. The van der Waals surface area contributed by atoms with Crippen molar-refractivity contribution in [2.75, 3.05) is 31.7 Å². The molecule has 0 unspecified atom stereocenters. The summed E-state index contributed by atoms with van der Waals surface area (Å²) >= 11 is 0. The zero-order valence-corrected chi connectivity index (χ0v) is 16.3. The Morgan fingerprint density at radius 3 is 2.47 bits per heavy atom. The van der Waals surface area contributed by atoms with E-state index in [9.17, 15) is 28.6 Å². The molecule has 158 valence electrons. The molecule has 0 aliphatic carbocycles. The van der Waals surface area contributed by atoms with Gasteiger partial charge in [-0.25, -0.2) is 8.42 Å². The van der Waals surface area contributed by atoms with E-state index in [-0.39, 0.29) is 42.6 Å². The van der Waals surface area contributed by atoms with E-state index in [2.05, 4.69) is 10.5 Å². The molecule has 0 radical (unpaired) electrons. The lowest BCUT2D eigenvalue weighted by molar-refractivity contribution is -0.384. The van der Waals surface area contributed by atoms with Crippen molar-refractivity contribution in [3.63, 3.8) is 0 Å². The number of rotatable bonds is 7. The van der Waals surface area contributed by atoms with Gasteiger partial charge in [-0.05, 0) is 12.1 Å². The number of non-ortho nitro benzene ring substituents is 1. The Kier molecular flexibility index (Phi) is 6.34. The summed E-state index contributed by atoms with van der Waals surface area (Å²) in [5, 5.41) is 26.1. The molecule has 2 aromatic rings. The van der Waals surface area contributed by atoms with Crippen LogP contribution in [0.3, 0.4) is 0 Å². The third kappa shape index (κ3) is 4.76. The summed E-state index contributed by atoms with van der Waals surface area (Å²) in [7, 11) is -3.89. The second-order valence-electron chi connectivity index (χ2n) is 6.17. The number of anilines is 1. The highest BCUT2D eigenvalue weighted by Crippen LogP contribution is 2.29. The molecule has 0 atom stereocenters. The van der Waals surface area contributed by atoms with Gasteiger partial charge in [0.25, 0.3) is 11.4 Å². The lowest BCUT2D eigenvalue weighted by Crippen LogP contribution is -2.40. The maximum absolute atomic E-state index is 12.7. The van der Waals surface area contributed by atoms with Gasteiger partial charge in [0.2, 0.25) is 10.0 Å². The van der Waals surface area contributed by atoms with Gasteiger partial charge in [-0.1, -0.05) is 12.1 Å². The first-order valence-electron chi connectivity index (χ1n) is 8.69. The number of ether oxygens (including phenoxy) is 1. The number of nitrogens with zero attached hydrogens (tertiary/aromatic N) is 4. The predicted octanol–water partition coefficient (Wildman–Crippen LogP) is 1.97. The van der Waals surface area contributed by atoms with E-state index in [1.165, 1.54) is 40.9 Å². The topological polar surface area (TPSA) is 157 Å². The van der Waals surface area contributed by atoms with Crippen LogP contribution in [-0.2, 0) is 14.8 Å². The summed E-state index contributed by atoms with van der Waals surface area (Å²) in [6.45, 7) is 0.855. The lowest BCUT2D eigenvalue weighted by Gasteiger charge is -2.26. The summed E-state index contributed by atoms with van der Waals surface area (Å²) in [4.78, 5) is 20.8. The van der Waals surface area contributed by atoms with E-state index in [4.69, 9.17) is 4.74 Å². The molecule has 1 heterocycles. The average molecular weight is 435 g/mol. The van der Waals surface area contributed by atoms with Crippen molar-refractivity contribution < 1.29 is 23.0 Å². The zero-order valence-electron chi connectivity index (χ0n) is 15.5. The maximum atomic E-state index is 12.7. The minimum atomic E-state index is -3.89. The molecule has 3 rings (SSSR count). The van der Waals surface area contributed by atoms with Crippen molar-refractivity contribution >= 4 is 33.3 Å². The van der Waals surface area contributed by atoms with Crippen LogP contribution >= 0.6 is 0 Å². The number of sulfonamides is 1. The van der Waals surface area contributed by atoms with Crippen LogP contribution in [-0.4, -0.2) is 55.1 Å². The number of hydrogen-bond acceptors (Lipinski definition) is 9. The minimum Gasteiger partial charge on any atom is -0.379 e. The standard InChI is InChI=1S/C17H17N5O7S/c23-21(24)14-3-1-2-13(10-14)12-18-19-16-5-4-15(11-17(16)22(25)26)30(27,28)20-6-8-29-9-7-20/h1-5,10-12,19H,6-9H2/b18-12-. The normalized spacial score (nSPS) is 15.2. The molecule has 1 fully saturated rings. The van der Waals surface area contributed by atoms with Gasteiger partial charge >= 0.3 is 0 Å². The Balaban J connectivity index is 1.83. The summed E-state index contributed by atoms with van der Waals surface area (Å²) in [5.74, 6) is 0. The van der Waals surface area contributed by atoms with E-state index in [1.807, 2.05) is 0 Å². The van der Waals surface area contributed by atoms with Crippen molar-refractivity contribution in [2.24, 2.45) is 5.10 Å². The Morgan fingerprint density at radius 2 is 1.80 bits per heavy atom. The molecule has 1 aliphatic heterocycles. The van der Waals surface area contributed by atoms with Gasteiger partial charge in [-0.3, -0.25) is 25.7 Å². The van der Waals surface area contributed by atoms with E-state index >= 15 is 0 Å². The van der Waals surface area contributed by atoms with Crippen LogP contribution in [0.5, 0.6) is 0 Å². The largest absolute Gasteiger partial charge is 0.379 e. The second kappa shape index (κ2) is 8.94. The van der Waals surface area contributed by atoms with Crippen molar-refractivity contribution in [2.45, 2.75) is 4.90 Å². The van der Waals surface area contributed by atoms with E-state index in [0.29, 0.717) is 5.56 Å². The number of morpholine rings is 1. The third-order valence-corrected chi connectivity index (χ3v) is 6.15. The van der Waals surface area contributed by atoms with E-state index in [1.54, 1.807) is 6.07 Å². The summed E-state index contributed by atoms with van der Waals surface area (Å²) < 4.78 is 31.8. The molecule has 0 saturated carbocycles. The SMILES string of the molecule is O=[N+]([O-])c1cccc(/C=N\Nc2ccc(S(=O)(=O)N3CCOCC3)cc2[N+](=O)[O-])c1. The Hall–Kier alpha value is -3.42. The van der Waals surface area contributed by atoms with Gasteiger partial charge in [-0.15, -0.1) is 0 Å². The van der Waals surface area contributed by atoms with Crippen LogP contribution in [0.25, 0.3) is 0 Å². The monoisotopic (exact) mass is 435 g/mol. The van der Waals surface area contributed by atoms with Crippen molar-refractivity contribution in [1.82, 2.24) is 4.31 Å². The molecule has 1 N–H and O–H groups in total. The Bertz CT molecular complexity index is 1100. The van der Waals surface area contributed by atoms with Crippen LogP contribution in [0.4, 0.5) is 17.1 Å². The number of hydrazone groups is 1. The number of nitrogens with one attached hydrogen (secondary N) is 1. The molecule has 0 aromatic heterocycles. The minimum absolute atomic E-state index is 0.0254. The molecular formula is C17H17N5O7S. The number of nitro groups is 2. The zero-order chi connectivity index (χ0) is 21.7. The fourth-order valence-electron chi connectivity index (χ4n) is 2.75. The van der Waals surface area contributed by atoms with Gasteiger partial charge in [0.05, 0.1) is 34.2 Å². The average Bonchev–Trinajstić information content (AvgIpc) is 2.74. The lowest BCUT2D eigenvalue weighted by atomic mass is 10.2. The fourth-order valence-corrected chi connectivity index (χ4v) is 4.18. The maximum Gasteiger partial charge on any atom is 0.295 e. The number of benzene rings is 2. The van der Waals surface area contributed by atoms with Crippen molar-refractivity contribution in [3.8, 4) is 0 Å². The quantitative estimate of drug-likeness (QED) is 0.393. The molecule has 1 saturated heterocycles. The van der Waals surface area contributed by atoms with Gasteiger partial charge in [-0.2, -0.15) is 9.41 Å². The van der Waals surface area contributed by atoms with E-state index < -0.39 is 25.6 Å². The predicted molar refractivity (Wildman–Crippen MR) is 107 cm³/mol. The summed E-state index contributed by atoms with van der Waals surface area (Å²) in [6.07, 6.45) is 1.26. The highest BCUT2D eigenvalue weighted by molar-refractivity contribution is 7.89. The fraction of sp³-hybridized carbons (Fsp3) is 0.235. The summed E-state index contributed by atoms with van der Waals surface area (Å²) in [6, 6.07) is 9.13. The van der Waals surface area contributed by atoms with Gasteiger partial charge in [0.1, 0.15) is 5.69 Å². The van der Waals surface area contributed by atoms with Crippen LogP contribution in [0, 0.1) is 20.2 Å². The molecule has 30 heavy (non-hydrogen) atoms. The number of nitro benzene ring substituents is 2. The molecule has 1 aliphatic rings. The number of hydrogen-bond donors (Lipinski definition) is 1. The Labute approximate surface area is 171 Å². The smallest absolute Gasteiger partial charge is 0.295 e. The van der Waals surface area contributed by atoms with Crippen LogP contribution < -0.4 is 5.43 Å². The second-order valence-corrected chi connectivity index (χ2v) is 8.11. The highest BCUT2D eigenvalue weighted by atomic mass is 32.2. The van der Waals surface area contributed by atoms with Gasteiger partial charge < -0.3 is 4.74 Å². The first-order valence-corrected chi connectivity index (χ1v) is 10.1. The van der Waals surface area contributed by atoms with Crippen LogP contribution in [0.2, 0.25) is 0 Å². The van der Waals surface area contributed by atoms with Gasteiger partial charge in [0.15, 0.2) is 0 Å². The van der Waals surface area contributed by atoms with Crippen molar-refractivity contribution in [3.05, 3.63) is 68.3 Å². The van der Waals surface area contributed by atoms with Crippen LogP contribution in [0.15, 0.2) is 52.5 Å². The highest BCUT2D eigenvalue weighted by Gasteiger charge is 2.28. The molecule has 12 nitrogen and oxygen atoms in total. The molecule has 13 heteroatoms. The van der Waals surface area contributed by atoms with E-state index in [0.717, 1.165) is 6.07 Å². The first kappa shape index (κ1) is 21.3. The van der Waals surface area contributed by atoms with Gasteiger partial charge in [0, 0.05) is 36.9 Å². The van der Waals surface area contributed by atoms with Crippen LogP contribution in [0.1, 0.15) is 5.56 Å². The Morgan fingerprint density at radius 1 is 1.07 bits per heavy atom. The molecule has 0 bridgehead atoms. The summed E-state index contributed by atoms with van der Waals surface area (Å²) in [5.41, 5.74) is 2.27.